The lowest BCUT2D eigenvalue weighted by molar-refractivity contribution is -0.116. The van der Waals surface area contributed by atoms with Crippen molar-refractivity contribution in [3.63, 3.8) is 0 Å². The molecule has 1 aliphatic heterocycles. The molecule has 170 valence electrons. The Morgan fingerprint density at radius 1 is 1.20 bits per heavy atom. The van der Waals surface area contributed by atoms with Crippen molar-refractivity contribution in [3.8, 4) is 0 Å². The molecule has 3 N–H and O–H groups in total. The lowest BCUT2D eigenvalue weighted by Gasteiger charge is -2.40. The fraction of sp³-hybridized carbons (Fsp3) is 0.652. The Kier molecular flexibility index (Phi) is 11.7. The minimum Gasteiger partial charge on any atom is -0.377 e. The summed E-state index contributed by atoms with van der Waals surface area (Å²) in [6.45, 7) is 11.1. The van der Waals surface area contributed by atoms with Crippen molar-refractivity contribution in [2.45, 2.75) is 66.0 Å². The highest BCUT2D eigenvalue weighted by atomic mass is 127. The molecule has 0 aromatic heterocycles. The van der Waals surface area contributed by atoms with E-state index in [1.165, 1.54) is 6.42 Å². The SMILES string of the molecule is CCCC(=O)Nc1ccc(CNC(=NC)NCC2CCCOC2C(C)(C)C)cc1.I. The Balaban J connectivity index is 0.00000450. The van der Waals surface area contributed by atoms with Crippen LogP contribution in [0.5, 0.6) is 0 Å². The van der Waals surface area contributed by atoms with Gasteiger partial charge in [-0.3, -0.25) is 9.79 Å². The van der Waals surface area contributed by atoms with E-state index in [1.54, 1.807) is 7.05 Å². The Bertz CT molecular complexity index is 671. The first-order valence-corrected chi connectivity index (χ1v) is 10.8. The third-order valence-corrected chi connectivity index (χ3v) is 5.23. The van der Waals surface area contributed by atoms with Crippen LogP contribution in [-0.2, 0) is 16.1 Å². The number of halogens is 1. The number of nitrogens with zero attached hydrogens (tertiary/aromatic N) is 1. The average molecular weight is 530 g/mol. The third kappa shape index (κ3) is 8.79. The number of aliphatic imine (C=N–C) groups is 1. The summed E-state index contributed by atoms with van der Waals surface area (Å²) in [5.74, 6) is 1.33. The van der Waals surface area contributed by atoms with Crippen LogP contribution in [-0.4, -0.2) is 38.2 Å². The molecule has 1 heterocycles. The van der Waals surface area contributed by atoms with Crippen LogP contribution < -0.4 is 16.0 Å². The molecule has 2 rings (SSSR count). The van der Waals surface area contributed by atoms with Crippen molar-refractivity contribution in [1.29, 1.82) is 0 Å². The van der Waals surface area contributed by atoms with Crippen LogP contribution in [0.4, 0.5) is 5.69 Å². The molecule has 1 fully saturated rings. The van der Waals surface area contributed by atoms with E-state index in [4.69, 9.17) is 4.74 Å². The lowest BCUT2D eigenvalue weighted by Crippen LogP contribution is -2.47. The quantitative estimate of drug-likeness (QED) is 0.275. The number of rotatable bonds is 7. The number of benzene rings is 1. The van der Waals surface area contributed by atoms with Crippen LogP contribution in [0.3, 0.4) is 0 Å². The molecule has 1 amide bonds. The molecule has 2 atom stereocenters. The van der Waals surface area contributed by atoms with Crippen molar-refractivity contribution in [2.75, 3.05) is 25.5 Å². The van der Waals surface area contributed by atoms with E-state index in [9.17, 15) is 4.79 Å². The van der Waals surface area contributed by atoms with Crippen molar-refractivity contribution < 1.29 is 9.53 Å². The minimum absolute atomic E-state index is 0. The number of ether oxygens (including phenoxy) is 1. The first-order valence-electron chi connectivity index (χ1n) is 10.8. The van der Waals surface area contributed by atoms with Gasteiger partial charge in [-0.2, -0.15) is 0 Å². The molecule has 0 saturated carbocycles. The van der Waals surface area contributed by atoms with Crippen molar-refractivity contribution in [3.05, 3.63) is 29.8 Å². The number of nitrogens with one attached hydrogen (secondary N) is 3. The molecular formula is C23H39IN4O2. The summed E-state index contributed by atoms with van der Waals surface area (Å²) in [6.07, 6.45) is 3.96. The van der Waals surface area contributed by atoms with Crippen LogP contribution in [0.1, 0.15) is 58.9 Å². The van der Waals surface area contributed by atoms with Gasteiger partial charge in [0, 0.05) is 44.8 Å². The van der Waals surface area contributed by atoms with Crippen LogP contribution in [0, 0.1) is 11.3 Å². The number of carbonyl (C=O) groups is 1. The van der Waals surface area contributed by atoms with Gasteiger partial charge in [-0.25, -0.2) is 0 Å². The summed E-state index contributed by atoms with van der Waals surface area (Å²) in [6, 6.07) is 7.92. The van der Waals surface area contributed by atoms with Gasteiger partial charge in [0.1, 0.15) is 0 Å². The number of carbonyl (C=O) groups excluding carboxylic acids is 1. The maximum absolute atomic E-state index is 11.7. The average Bonchev–Trinajstić information content (AvgIpc) is 2.69. The monoisotopic (exact) mass is 530 g/mol. The predicted molar refractivity (Wildman–Crippen MR) is 136 cm³/mol. The summed E-state index contributed by atoms with van der Waals surface area (Å²) in [5, 5.41) is 9.75. The van der Waals surface area contributed by atoms with E-state index in [2.05, 4.69) is 41.7 Å². The number of hydrogen-bond acceptors (Lipinski definition) is 3. The fourth-order valence-electron chi connectivity index (χ4n) is 3.80. The molecule has 0 radical (unpaired) electrons. The standard InChI is InChI=1S/C23H38N4O2.HI/c1-6-8-20(28)27-19-12-10-17(11-13-19)15-25-22(24-5)26-16-18-9-7-14-29-21(18)23(2,3)4;/h10-13,18,21H,6-9,14-16H2,1-5H3,(H,27,28)(H2,24,25,26);1H. The second-order valence-electron chi connectivity index (χ2n) is 8.86. The van der Waals surface area contributed by atoms with Gasteiger partial charge in [0.25, 0.3) is 0 Å². The van der Waals surface area contributed by atoms with E-state index >= 15 is 0 Å². The van der Waals surface area contributed by atoms with Crippen molar-refractivity contribution in [1.82, 2.24) is 10.6 Å². The molecule has 0 spiro atoms. The van der Waals surface area contributed by atoms with Gasteiger partial charge in [0.05, 0.1) is 6.10 Å². The highest BCUT2D eigenvalue weighted by molar-refractivity contribution is 14.0. The number of hydrogen-bond donors (Lipinski definition) is 3. The zero-order chi connectivity index (χ0) is 21.3. The molecule has 1 aromatic rings. The predicted octanol–water partition coefficient (Wildman–Crippen LogP) is 4.55. The van der Waals surface area contributed by atoms with Crippen LogP contribution in [0.25, 0.3) is 0 Å². The number of anilines is 1. The molecule has 0 bridgehead atoms. The smallest absolute Gasteiger partial charge is 0.224 e. The first kappa shape index (κ1) is 26.7. The van der Waals surface area contributed by atoms with Crippen LogP contribution in [0.2, 0.25) is 0 Å². The first-order chi connectivity index (χ1) is 13.8. The van der Waals surface area contributed by atoms with E-state index in [1.807, 2.05) is 31.2 Å². The van der Waals surface area contributed by atoms with Crippen LogP contribution >= 0.6 is 24.0 Å². The topological polar surface area (TPSA) is 74.8 Å². The van der Waals surface area contributed by atoms with Crippen LogP contribution in [0.15, 0.2) is 29.3 Å². The Labute approximate surface area is 199 Å². The molecule has 1 saturated heterocycles. The Hall–Kier alpha value is -1.35. The third-order valence-electron chi connectivity index (χ3n) is 5.23. The fourth-order valence-corrected chi connectivity index (χ4v) is 3.80. The molecule has 1 aliphatic rings. The van der Waals surface area contributed by atoms with E-state index in [-0.39, 0.29) is 41.4 Å². The number of guanidine groups is 1. The van der Waals surface area contributed by atoms with E-state index in [0.717, 1.165) is 43.2 Å². The minimum atomic E-state index is 0. The van der Waals surface area contributed by atoms with Crippen molar-refractivity contribution in [2.24, 2.45) is 16.3 Å². The summed E-state index contributed by atoms with van der Waals surface area (Å²) in [4.78, 5) is 16.0. The summed E-state index contributed by atoms with van der Waals surface area (Å²) in [7, 11) is 1.79. The molecule has 6 nitrogen and oxygen atoms in total. The Morgan fingerprint density at radius 3 is 2.50 bits per heavy atom. The zero-order valence-electron chi connectivity index (χ0n) is 19.1. The van der Waals surface area contributed by atoms with Gasteiger partial charge in [-0.15, -0.1) is 24.0 Å². The van der Waals surface area contributed by atoms with Gasteiger partial charge < -0.3 is 20.7 Å². The molecular weight excluding hydrogens is 491 g/mol. The molecule has 2 unspecified atom stereocenters. The van der Waals surface area contributed by atoms with Gasteiger partial charge in [-0.1, -0.05) is 39.8 Å². The molecule has 30 heavy (non-hydrogen) atoms. The molecule has 7 heteroatoms. The Morgan fingerprint density at radius 2 is 1.90 bits per heavy atom. The maximum Gasteiger partial charge on any atom is 0.224 e. The molecule has 1 aromatic carbocycles. The second kappa shape index (κ2) is 13.1. The van der Waals surface area contributed by atoms with Gasteiger partial charge in [0.15, 0.2) is 5.96 Å². The summed E-state index contributed by atoms with van der Waals surface area (Å²) in [5.41, 5.74) is 2.10. The highest BCUT2D eigenvalue weighted by Gasteiger charge is 2.35. The van der Waals surface area contributed by atoms with Gasteiger partial charge >= 0.3 is 0 Å². The zero-order valence-corrected chi connectivity index (χ0v) is 21.4. The maximum atomic E-state index is 11.7. The van der Waals surface area contributed by atoms with E-state index in [0.29, 0.717) is 18.9 Å². The summed E-state index contributed by atoms with van der Waals surface area (Å²) >= 11 is 0. The van der Waals surface area contributed by atoms with Gasteiger partial charge in [-0.05, 0) is 42.4 Å². The highest BCUT2D eigenvalue weighted by Crippen LogP contribution is 2.33. The largest absolute Gasteiger partial charge is 0.377 e. The van der Waals surface area contributed by atoms with Crippen molar-refractivity contribution >= 4 is 41.5 Å². The number of amides is 1. The summed E-state index contributed by atoms with van der Waals surface area (Å²) < 4.78 is 6.07. The van der Waals surface area contributed by atoms with E-state index < -0.39 is 0 Å². The second-order valence-corrected chi connectivity index (χ2v) is 8.86. The lowest BCUT2D eigenvalue weighted by atomic mass is 9.78. The van der Waals surface area contributed by atoms with Gasteiger partial charge in [0.2, 0.25) is 5.91 Å². The normalized spacial score (nSPS) is 19.6. The molecule has 0 aliphatic carbocycles.